The zero-order chi connectivity index (χ0) is 32.9. The normalized spacial score (nSPS) is 13.8. The summed E-state index contributed by atoms with van der Waals surface area (Å²) in [5.41, 5.74) is 0. The van der Waals surface area contributed by atoms with Crippen molar-refractivity contribution in [2.24, 2.45) is 0 Å². The third-order valence-electron chi connectivity index (χ3n) is 8.26. The van der Waals surface area contributed by atoms with E-state index in [2.05, 4.69) is 67.8 Å². The summed E-state index contributed by atoms with van der Waals surface area (Å²) in [6.07, 6.45) is 50.2. The van der Waals surface area contributed by atoms with Crippen LogP contribution in [0, 0.1) is 0 Å². The Morgan fingerprint density at radius 1 is 0.556 bits per heavy atom. The van der Waals surface area contributed by atoms with Crippen LogP contribution >= 0.6 is 0 Å². The number of unbranched alkanes of at least 4 members (excludes halogenated alkanes) is 18. The number of aliphatic hydroxyl groups is 2. The van der Waals surface area contributed by atoms with Crippen LogP contribution in [0.4, 0.5) is 0 Å². The molecule has 2 unspecified atom stereocenters. The highest BCUT2D eigenvalue weighted by Gasteiger charge is 2.17. The van der Waals surface area contributed by atoms with Gasteiger partial charge in [0.05, 0.1) is 18.8 Å². The second-order valence-electron chi connectivity index (χ2n) is 12.6. The van der Waals surface area contributed by atoms with E-state index in [1.807, 2.05) is 6.08 Å². The SMILES string of the molecule is CC/C=C\C/C=C\C/C=C\C/C=C\CCCCCCCCCCC(=O)NC(CO)C(O)/C=C/CCCCCCCCCCCC. The fourth-order valence-corrected chi connectivity index (χ4v) is 5.34. The van der Waals surface area contributed by atoms with Crippen molar-refractivity contribution < 1.29 is 15.0 Å². The molecule has 4 heteroatoms. The number of rotatable bonds is 33. The van der Waals surface area contributed by atoms with Crippen molar-refractivity contribution in [2.45, 2.75) is 187 Å². The van der Waals surface area contributed by atoms with Gasteiger partial charge in [-0.2, -0.15) is 0 Å². The Kier molecular flexibility index (Phi) is 35.0. The first-order valence-corrected chi connectivity index (χ1v) is 19.0. The summed E-state index contributed by atoms with van der Waals surface area (Å²) in [6.45, 7) is 4.17. The highest BCUT2D eigenvalue weighted by Crippen LogP contribution is 2.13. The van der Waals surface area contributed by atoms with E-state index >= 15 is 0 Å². The van der Waals surface area contributed by atoms with Crippen LogP contribution in [0.5, 0.6) is 0 Å². The van der Waals surface area contributed by atoms with Crippen LogP contribution < -0.4 is 5.32 Å². The maximum absolute atomic E-state index is 12.3. The Bertz CT molecular complexity index is 767. The molecule has 0 saturated carbocycles. The van der Waals surface area contributed by atoms with Gasteiger partial charge in [0.1, 0.15) is 0 Å². The third-order valence-corrected chi connectivity index (χ3v) is 8.26. The lowest BCUT2D eigenvalue weighted by molar-refractivity contribution is -0.123. The monoisotopic (exact) mass is 628 g/mol. The summed E-state index contributed by atoms with van der Waals surface area (Å²) < 4.78 is 0. The van der Waals surface area contributed by atoms with Crippen LogP contribution in [-0.2, 0) is 4.79 Å². The Labute approximate surface area is 279 Å². The molecule has 2 atom stereocenters. The molecule has 260 valence electrons. The first kappa shape index (κ1) is 43.1. The topological polar surface area (TPSA) is 69.6 Å². The van der Waals surface area contributed by atoms with Crippen LogP contribution in [0.25, 0.3) is 0 Å². The van der Waals surface area contributed by atoms with Gasteiger partial charge in [-0.3, -0.25) is 4.79 Å². The molecule has 0 radical (unpaired) electrons. The molecule has 1 amide bonds. The fraction of sp³-hybridized carbons (Fsp3) is 0.732. The number of allylic oxidation sites excluding steroid dienone is 9. The van der Waals surface area contributed by atoms with Crippen molar-refractivity contribution >= 4 is 5.91 Å². The van der Waals surface area contributed by atoms with E-state index < -0.39 is 12.1 Å². The molecule has 0 aliphatic carbocycles. The predicted molar refractivity (Wildman–Crippen MR) is 197 cm³/mol. The van der Waals surface area contributed by atoms with E-state index in [0.29, 0.717) is 6.42 Å². The summed E-state index contributed by atoms with van der Waals surface area (Å²) in [7, 11) is 0. The molecule has 0 fully saturated rings. The minimum Gasteiger partial charge on any atom is -0.394 e. The van der Waals surface area contributed by atoms with Gasteiger partial charge in [-0.15, -0.1) is 0 Å². The van der Waals surface area contributed by atoms with Gasteiger partial charge in [0, 0.05) is 6.42 Å². The van der Waals surface area contributed by atoms with E-state index in [1.165, 1.54) is 96.3 Å². The molecule has 0 aromatic rings. The Morgan fingerprint density at radius 2 is 0.978 bits per heavy atom. The molecule has 0 aromatic heterocycles. The summed E-state index contributed by atoms with van der Waals surface area (Å²) in [6, 6.07) is -0.627. The maximum Gasteiger partial charge on any atom is 0.220 e. The molecule has 0 heterocycles. The first-order chi connectivity index (χ1) is 22.2. The van der Waals surface area contributed by atoms with Gasteiger partial charge in [0.25, 0.3) is 0 Å². The largest absolute Gasteiger partial charge is 0.394 e. The molecule has 4 nitrogen and oxygen atoms in total. The van der Waals surface area contributed by atoms with Gasteiger partial charge in [0.15, 0.2) is 0 Å². The molecule has 0 aliphatic rings. The first-order valence-electron chi connectivity index (χ1n) is 19.0. The van der Waals surface area contributed by atoms with Crippen LogP contribution in [-0.4, -0.2) is 34.9 Å². The van der Waals surface area contributed by atoms with E-state index in [-0.39, 0.29) is 12.5 Å². The number of amides is 1. The minimum atomic E-state index is -0.843. The van der Waals surface area contributed by atoms with E-state index in [9.17, 15) is 15.0 Å². The second kappa shape index (κ2) is 36.6. The molecule has 0 bridgehead atoms. The highest BCUT2D eigenvalue weighted by molar-refractivity contribution is 5.76. The molecule has 0 aromatic carbocycles. The summed E-state index contributed by atoms with van der Waals surface area (Å²) in [4.78, 5) is 12.3. The minimum absolute atomic E-state index is 0.0768. The number of hydrogen-bond acceptors (Lipinski definition) is 3. The van der Waals surface area contributed by atoms with Crippen molar-refractivity contribution in [1.29, 1.82) is 0 Å². The van der Waals surface area contributed by atoms with Crippen molar-refractivity contribution in [3.63, 3.8) is 0 Å². The summed E-state index contributed by atoms with van der Waals surface area (Å²) in [5, 5.41) is 22.9. The van der Waals surface area contributed by atoms with Gasteiger partial charge in [0.2, 0.25) is 5.91 Å². The van der Waals surface area contributed by atoms with Gasteiger partial charge in [-0.1, -0.05) is 171 Å². The van der Waals surface area contributed by atoms with Crippen molar-refractivity contribution in [3.05, 3.63) is 60.8 Å². The summed E-state index contributed by atoms with van der Waals surface area (Å²) in [5.74, 6) is -0.0768. The number of hydrogen-bond donors (Lipinski definition) is 3. The highest BCUT2D eigenvalue weighted by atomic mass is 16.3. The van der Waals surface area contributed by atoms with Gasteiger partial charge < -0.3 is 15.5 Å². The molecular weight excluding hydrogens is 554 g/mol. The fourth-order valence-electron chi connectivity index (χ4n) is 5.34. The van der Waals surface area contributed by atoms with Crippen LogP contribution in [0.1, 0.15) is 174 Å². The third kappa shape index (κ3) is 33.3. The Morgan fingerprint density at radius 3 is 1.47 bits per heavy atom. The molecule has 0 rings (SSSR count). The Hall–Kier alpha value is -1.91. The van der Waals surface area contributed by atoms with Crippen molar-refractivity contribution in [2.75, 3.05) is 6.61 Å². The van der Waals surface area contributed by atoms with Crippen LogP contribution in [0.2, 0.25) is 0 Å². The van der Waals surface area contributed by atoms with Crippen LogP contribution in [0.3, 0.4) is 0 Å². The van der Waals surface area contributed by atoms with Gasteiger partial charge >= 0.3 is 0 Å². The lowest BCUT2D eigenvalue weighted by Gasteiger charge is -2.20. The molecule has 45 heavy (non-hydrogen) atoms. The van der Waals surface area contributed by atoms with Gasteiger partial charge in [-0.05, 0) is 57.8 Å². The quantitative estimate of drug-likeness (QED) is 0.0501. The average Bonchev–Trinajstić information content (AvgIpc) is 3.04. The summed E-state index contributed by atoms with van der Waals surface area (Å²) >= 11 is 0. The lowest BCUT2D eigenvalue weighted by Crippen LogP contribution is -2.45. The molecular formula is C41H73NO3. The van der Waals surface area contributed by atoms with Gasteiger partial charge in [-0.25, -0.2) is 0 Å². The molecule has 0 aliphatic heterocycles. The molecule has 3 N–H and O–H groups in total. The maximum atomic E-state index is 12.3. The van der Waals surface area contributed by atoms with E-state index in [4.69, 9.17) is 0 Å². The van der Waals surface area contributed by atoms with Crippen LogP contribution in [0.15, 0.2) is 60.8 Å². The standard InChI is InChI=1S/C41H73NO3/c1-3-5-7-9-11-13-15-17-18-19-20-21-22-23-24-25-27-29-31-33-35-37-41(45)42-39(38-43)40(44)36-34-32-30-28-26-16-14-12-10-8-6-4-2/h5,7,11,13,17-18,20-21,34,36,39-40,43-44H,3-4,6,8-10,12,14-16,19,22-33,35,37-38H2,1-2H3,(H,42,45)/b7-5-,13-11-,18-17-,21-20-,36-34+. The zero-order valence-corrected chi connectivity index (χ0v) is 29.6. The number of aliphatic hydroxyl groups excluding tert-OH is 2. The number of carbonyl (C=O) groups excluding carboxylic acids is 1. The number of carbonyl (C=O) groups is 1. The second-order valence-corrected chi connectivity index (χ2v) is 12.6. The molecule has 0 saturated heterocycles. The Balaban J connectivity index is 3.64. The van der Waals surface area contributed by atoms with E-state index in [1.54, 1.807) is 6.08 Å². The predicted octanol–water partition coefficient (Wildman–Crippen LogP) is 11.4. The lowest BCUT2D eigenvalue weighted by atomic mass is 10.0. The number of nitrogens with one attached hydrogen (secondary N) is 1. The molecule has 0 spiro atoms. The average molecular weight is 628 g/mol. The van der Waals surface area contributed by atoms with Crippen molar-refractivity contribution in [3.8, 4) is 0 Å². The van der Waals surface area contributed by atoms with E-state index in [0.717, 1.165) is 57.8 Å². The smallest absolute Gasteiger partial charge is 0.220 e. The van der Waals surface area contributed by atoms with Crippen molar-refractivity contribution in [1.82, 2.24) is 5.32 Å². The zero-order valence-electron chi connectivity index (χ0n) is 29.6.